The zero-order valence-electron chi connectivity index (χ0n) is 16.6. The van der Waals surface area contributed by atoms with Gasteiger partial charge in [0, 0.05) is 47.9 Å². The molecule has 0 N–H and O–H groups in total. The van der Waals surface area contributed by atoms with Crippen LogP contribution in [0.1, 0.15) is 30.1 Å². The molecule has 6 heteroatoms. The highest BCUT2D eigenvalue weighted by molar-refractivity contribution is 5.81. The fraction of sp³-hybridized carbons (Fsp3) is 0.304. The van der Waals surface area contributed by atoms with E-state index in [9.17, 15) is 0 Å². The summed E-state index contributed by atoms with van der Waals surface area (Å²) in [4.78, 5) is 14.0. The van der Waals surface area contributed by atoms with Crippen molar-refractivity contribution >= 4 is 11.0 Å². The quantitative estimate of drug-likeness (QED) is 0.498. The van der Waals surface area contributed by atoms with Crippen molar-refractivity contribution in [3.63, 3.8) is 0 Å². The maximum Gasteiger partial charge on any atom is 0.137 e. The summed E-state index contributed by atoms with van der Waals surface area (Å²) < 4.78 is 7.04. The van der Waals surface area contributed by atoms with Crippen molar-refractivity contribution in [2.24, 2.45) is 13.0 Å². The highest BCUT2D eigenvalue weighted by Gasteiger charge is 2.38. The number of fused-ring (bicyclic) bond motifs is 1. The molecule has 146 valence electrons. The maximum absolute atomic E-state index is 5.21. The van der Waals surface area contributed by atoms with E-state index in [4.69, 9.17) is 9.72 Å². The molecule has 6 nitrogen and oxygen atoms in total. The normalized spacial score (nSPS) is 18.1. The predicted octanol–water partition coefficient (Wildman–Crippen LogP) is 4.17. The molecule has 1 fully saturated rings. The third-order valence-electron chi connectivity index (χ3n) is 5.73. The second kappa shape index (κ2) is 7.28. The molecule has 29 heavy (non-hydrogen) atoms. The monoisotopic (exact) mass is 385 g/mol. The van der Waals surface area contributed by atoms with E-state index >= 15 is 0 Å². The van der Waals surface area contributed by atoms with Gasteiger partial charge in [0.2, 0.25) is 0 Å². The molecule has 1 aliphatic carbocycles. The van der Waals surface area contributed by atoms with E-state index in [1.54, 1.807) is 7.11 Å². The van der Waals surface area contributed by atoms with Gasteiger partial charge in [0.1, 0.15) is 5.75 Å². The van der Waals surface area contributed by atoms with Crippen LogP contribution in [0.4, 0.5) is 0 Å². The maximum atomic E-state index is 5.21. The van der Waals surface area contributed by atoms with Crippen molar-refractivity contribution in [2.45, 2.75) is 25.2 Å². The molecule has 1 saturated carbocycles. The summed E-state index contributed by atoms with van der Waals surface area (Å²) in [5.74, 6) is 2.01. The summed E-state index contributed by atoms with van der Waals surface area (Å²) in [6.45, 7) is 0. The van der Waals surface area contributed by atoms with Crippen molar-refractivity contribution in [3.8, 4) is 16.9 Å². The molecule has 0 radical (unpaired) electrons. The Morgan fingerprint density at radius 2 is 2.07 bits per heavy atom. The molecule has 0 aromatic carbocycles. The molecule has 0 spiro atoms. The Kier molecular flexibility index (Phi) is 4.46. The largest absolute Gasteiger partial charge is 0.495 e. The van der Waals surface area contributed by atoms with Crippen LogP contribution >= 0.6 is 0 Å². The Balaban J connectivity index is 1.37. The van der Waals surface area contributed by atoms with Gasteiger partial charge in [-0.3, -0.25) is 19.6 Å². The van der Waals surface area contributed by atoms with Crippen LogP contribution in [0.2, 0.25) is 0 Å². The Morgan fingerprint density at radius 3 is 2.83 bits per heavy atom. The number of methoxy groups -OCH3 is 1. The van der Waals surface area contributed by atoms with E-state index in [2.05, 4.69) is 27.2 Å². The van der Waals surface area contributed by atoms with Crippen LogP contribution in [0.25, 0.3) is 22.2 Å². The van der Waals surface area contributed by atoms with Crippen LogP contribution in [0.15, 0.2) is 55.1 Å². The van der Waals surface area contributed by atoms with Gasteiger partial charge in [0.15, 0.2) is 0 Å². The lowest BCUT2D eigenvalue weighted by Crippen LogP contribution is -1.98. The van der Waals surface area contributed by atoms with Crippen molar-refractivity contribution in [3.05, 3.63) is 66.5 Å². The minimum Gasteiger partial charge on any atom is -0.495 e. The summed E-state index contributed by atoms with van der Waals surface area (Å²) in [6, 6.07) is 10.2. The van der Waals surface area contributed by atoms with Crippen LogP contribution in [0, 0.1) is 5.92 Å². The lowest BCUT2D eigenvalue weighted by Gasteiger charge is -2.09. The number of rotatable bonds is 6. The van der Waals surface area contributed by atoms with Crippen LogP contribution < -0.4 is 4.74 Å². The molecular formula is C23H23N5O. The first-order valence-electron chi connectivity index (χ1n) is 9.95. The summed E-state index contributed by atoms with van der Waals surface area (Å²) in [5, 5.41) is 4.34. The van der Waals surface area contributed by atoms with Gasteiger partial charge in [0.05, 0.1) is 30.5 Å². The molecule has 0 saturated heterocycles. The number of hydrogen-bond acceptors (Lipinski definition) is 5. The van der Waals surface area contributed by atoms with Gasteiger partial charge in [-0.15, -0.1) is 0 Å². The summed E-state index contributed by atoms with van der Waals surface area (Å²) in [5.41, 5.74) is 6.36. The number of nitrogens with zero attached hydrogens (tertiary/aromatic N) is 5. The predicted molar refractivity (Wildman–Crippen MR) is 112 cm³/mol. The second-order valence-electron chi connectivity index (χ2n) is 7.69. The van der Waals surface area contributed by atoms with Gasteiger partial charge in [-0.2, -0.15) is 5.10 Å². The molecule has 0 amide bonds. The van der Waals surface area contributed by atoms with Crippen molar-refractivity contribution in [1.29, 1.82) is 0 Å². The molecule has 4 aromatic heterocycles. The number of aryl methyl sites for hydroxylation is 2. The van der Waals surface area contributed by atoms with Crippen molar-refractivity contribution < 1.29 is 4.74 Å². The van der Waals surface area contributed by atoms with E-state index in [1.165, 1.54) is 12.1 Å². The van der Waals surface area contributed by atoms with Crippen molar-refractivity contribution in [1.82, 2.24) is 24.7 Å². The van der Waals surface area contributed by atoms with Crippen LogP contribution in [0.5, 0.6) is 5.75 Å². The van der Waals surface area contributed by atoms with E-state index in [0.29, 0.717) is 11.8 Å². The highest BCUT2D eigenvalue weighted by Crippen LogP contribution is 2.49. The molecule has 0 aliphatic heterocycles. The van der Waals surface area contributed by atoms with E-state index < -0.39 is 0 Å². The standard InChI is InChI=1S/C23H23N5O/c1-28-14-16(12-26-28)19-11-23-22(4-3-9-24-23)27-21(19)7-5-15-10-18(15)20-8-6-17(29-2)13-25-20/h3-4,6,8-9,11-15,18H,5,7,10H2,1-2H3/t15-,18-/m0/s1. The number of pyridine rings is 3. The minimum absolute atomic E-state index is 0.546. The zero-order valence-corrected chi connectivity index (χ0v) is 16.6. The Bertz CT molecular complexity index is 1150. The molecule has 5 rings (SSSR count). The lowest BCUT2D eigenvalue weighted by atomic mass is 10.0. The number of aromatic nitrogens is 5. The average Bonchev–Trinajstić information content (AvgIpc) is 3.42. The fourth-order valence-electron chi connectivity index (χ4n) is 4.02. The van der Waals surface area contributed by atoms with E-state index in [-0.39, 0.29) is 0 Å². The second-order valence-corrected chi connectivity index (χ2v) is 7.69. The zero-order chi connectivity index (χ0) is 19.8. The number of hydrogen-bond donors (Lipinski definition) is 0. The summed E-state index contributed by atoms with van der Waals surface area (Å²) >= 11 is 0. The molecule has 1 aliphatic rings. The first-order chi connectivity index (χ1) is 14.2. The topological polar surface area (TPSA) is 65.7 Å². The first kappa shape index (κ1) is 17.8. The van der Waals surface area contributed by atoms with Crippen LogP contribution in [-0.2, 0) is 13.5 Å². The Hall–Kier alpha value is -3.28. The minimum atomic E-state index is 0.546. The van der Waals surface area contributed by atoms with Gasteiger partial charge in [-0.1, -0.05) is 0 Å². The highest BCUT2D eigenvalue weighted by atomic mass is 16.5. The SMILES string of the molecule is COc1ccc([C@H]2C[C@@H]2CCc2nc3cccnc3cc2-c2cnn(C)c2)nc1. The van der Waals surface area contributed by atoms with Crippen molar-refractivity contribution in [2.75, 3.05) is 7.11 Å². The number of ether oxygens (including phenoxy) is 1. The fourth-order valence-corrected chi connectivity index (χ4v) is 4.02. The average molecular weight is 385 g/mol. The van der Waals surface area contributed by atoms with Crippen LogP contribution in [-0.4, -0.2) is 31.8 Å². The van der Waals surface area contributed by atoms with E-state index in [0.717, 1.165) is 46.4 Å². The van der Waals surface area contributed by atoms with Crippen LogP contribution in [0.3, 0.4) is 0 Å². The molecule has 0 unspecified atom stereocenters. The van der Waals surface area contributed by atoms with Gasteiger partial charge in [-0.05, 0) is 55.5 Å². The summed E-state index contributed by atoms with van der Waals surface area (Å²) in [7, 11) is 3.61. The van der Waals surface area contributed by atoms with Gasteiger partial charge in [-0.25, -0.2) is 0 Å². The smallest absolute Gasteiger partial charge is 0.137 e. The summed E-state index contributed by atoms with van der Waals surface area (Å²) in [6.07, 6.45) is 10.8. The molecular weight excluding hydrogens is 362 g/mol. The van der Waals surface area contributed by atoms with Gasteiger partial charge >= 0.3 is 0 Å². The third-order valence-corrected chi connectivity index (χ3v) is 5.73. The molecule has 0 bridgehead atoms. The molecule has 4 heterocycles. The third kappa shape index (κ3) is 3.58. The van der Waals surface area contributed by atoms with E-state index in [1.807, 2.05) is 54.7 Å². The van der Waals surface area contributed by atoms with Gasteiger partial charge < -0.3 is 4.74 Å². The molecule has 2 atom stereocenters. The Morgan fingerprint density at radius 1 is 1.14 bits per heavy atom. The Labute approximate surface area is 169 Å². The molecule has 4 aromatic rings. The lowest BCUT2D eigenvalue weighted by molar-refractivity contribution is 0.412. The first-order valence-corrected chi connectivity index (χ1v) is 9.95. The van der Waals surface area contributed by atoms with Gasteiger partial charge in [0.25, 0.3) is 0 Å².